The van der Waals surface area contributed by atoms with Crippen LogP contribution in [0.3, 0.4) is 0 Å². The molecule has 0 fully saturated rings. The van der Waals surface area contributed by atoms with Crippen LogP contribution in [0.4, 0.5) is 0 Å². The molecule has 3 nitrogen and oxygen atoms in total. The topological polar surface area (TPSA) is 35.0 Å². The Kier molecular flexibility index (Phi) is 12.0. The number of aryl methyl sites for hydroxylation is 2. The molecule has 6 heteroatoms. The van der Waals surface area contributed by atoms with Gasteiger partial charge >= 0.3 is 387 Å². The average molecular weight is 1100 g/mol. The van der Waals surface area contributed by atoms with Gasteiger partial charge < -0.3 is 0 Å². The van der Waals surface area contributed by atoms with Crippen molar-refractivity contribution in [1.29, 1.82) is 0 Å². The predicted molar refractivity (Wildman–Crippen MR) is 254 cm³/mol. The zero-order valence-electron chi connectivity index (χ0n) is 37.8. The number of rotatable bonds is 6. The van der Waals surface area contributed by atoms with Crippen LogP contribution in [0.1, 0.15) is 116 Å². The Bertz CT molecular complexity index is 2720. The number of fused-ring (bicyclic) bond motifs is 6. The van der Waals surface area contributed by atoms with E-state index < -0.39 is 0 Å². The van der Waals surface area contributed by atoms with Crippen molar-refractivity contribution in [1.82, 2.24) is 9.97 Å². The first-order valence-electron chi connectivity index (χ1n) is 21.0. The summed E-state index contributed by atoms with van der Waals surface area (Å²) in [5, 5.41) is 5.31. The molecule has 0 bridgehead atoms. The minimum atomic E-state index is -0.120. The van der Waals surface area contributed by atoms with Crippen molar-refractivity contribution < 1.29 is 25.8 Å². The van der Waals surface area contributed by atoms with E-state index in [1.165, 1.54) is 72.0 Å². The second kappa shape index (κ2) is 16.1. The quantitative estimate of drug-likeness (QED) is 0.123. The third-order valence-corrected chi connectivity index (χ3v) is 17.1. The van der Waals surface area contributed by atoms with Gasteiger partial charge in [-0.15, -0.1) is 0 Å². The van der Waals surface area contributed by atoms with Gasteiger partial charge in [-0.2, -0.15) is 0 Å². The zero-order valence-corrected chi connectivity index (χ0v) is 43.5. The maximum absolute atomic E-state index is 6.94. The molecular weight excluding hydrogens is 1050 g/mol. The maximum atomic E-state index is 6.94. The van der Waals surface area contributed by atoms with E-state index >= 15 is 0 Å². The molecular formula is C54H58N2OPtSe2. The van der Waals surface area contributed by atoms with Gasteiger partial charge in [0.15, 0.2) is 0 Å². The molecule has 0 N–H and O–H groups in total. The Balaban J connectivity index is 0.00000544. The van der Waals surface area contributed by atoms with Gasteiger partial charge in [0.25, 0.3) is 0 Å². The average Bonchev–Trinajstić information content (AvgIpc) is 3.72. The predicted octanol–water partition coefficient (Wildman–Crippen LogP) is 14.3. The largest absolute Gasteiger partial charge is 2.00 e. The van der Waals surface area contributed by atoms with Crippen LogP contribution in [0.15, 0.2) is 73.1 Å². The summed E-state index contributed by atoms with van der Waals surface area (Å²) in [6.07, 6.45) is 6.08. The van der Waals surface area contributed by atoms with Crippen LogP contribution in [0.2, 0.25) is 0 Å². The Hall–Kier alpha value is -3.29. The van der Waals surface area contributed by atoms with E-state index in [4.69, 9.17) is 14.7 Å². The summed E-state index contributed by atoms with van der Waals surface area (Å²) in [4.78, 5) is 10.2. The molecule has 0 saturated carbocycles. The van der Waals surface area contributed by atoms with E-state index in [0.29, 0.717) is 11.5 Å². The van der Waals surface area contributed by atoms with Gasteiger partial charge in [-0.3, -0.25) is 0 Å². The third kappa shape index (κ3) is 8.96. The van der Waals surface area contributed by atoms with Crippen LogP contribution in [-0.2, 0) is 44.7 Å². The van der Waals surface area contributed by atoms with Crippen LogP contribution in [-0.4, -0.2) is 39.0 Å². The molecule has 60 heavy (non-hydrogen) atoms. The summed E-state index contributed by atoms with van der Waals surface area (Å²) in [5.41, 5.74) is 12.3. The molecule has 0 amide bonds. The monoisotopic (exact) mass is 1110 g/mol. The van der Waals surface area contributed by atoms with Gasteiger partial charge in [0.2, 0.25) is 0 Å². The minimum absolute atomic E-state index is 0. The second-order valence-corrected chi connectivity index (χ2v) is 25.4. The SMILES string of the molecule is Cc1c(CC(C)(C)C)ccc2c1[se]c1c(-c3[c-]c(Oc4[c-]c(-c5nccc6c5[se]c5c(C)c(CC(C)(C)C)ccc56)cc(C(C)(C)C)c4)cc(C(C)(C)C)c3)nccc12.[Pt+2]. The number of benzene rings is 4. The molecule has 0 spiro atoms. The van der Waals surface area contributed by atoms with Crippen LogP contribution in [0.5, 0.6) is 11.5 Å². The summed E-state index contributed by atoms with van der Waals surface area (Å²) in [6, 6.07) is 30.1. The van der Waals surface area contributed by atoms with Gasteiger partial charge in [-0.25, -0.2) is 0 Å². The normalized spacial score (nSPS) is 12.8. The number of pyridine rings is 2. The second-order valence-electron chi connectivity index (χ2n) is 21.1. The van der Waals surface area contributed by atoms with Gasteiger partial charge in [0.05, 0.1) is 0 Å². The zero-order chi connectivity index (χ0) is 42.4. The Labute approximate surface area is 384 Å². The van der Waals surface area contributed by atoms with Gasteiger partial charge in [-0.05, 0) is 0 Å². The van der Waals surface area contributed by atoms with Crippen molar-refractivity contribution in [3.05, 3.63) is 119 Å². The van der Waals surface area contributed by atoms with Gasteiger partial charge in [0.1, 0.15) is 0 Å². The molecule has 0 aliphatic rings. The Morgan fingerprint density at radius 1 is 0.500 bits per heavy atom. The third-order valence-electron chi connectivity index (χ3n) is 11.4. The van der Waals surface area contributed by atoms with Crippen LogP contribution >= 0.6 is 0 Å². The summed E-state index contributed by atoms with van der Waals surface area (Å²) in [5.74, 6) is 1.35. The van der Waals surface area contributed by atoms with Gasteiger partial charge in [0, 0.05) is 0 Å². The van der Waals surface area contributed by atoms with E-state index in [1.54, 1.807) is 0 Å². The molecule has 0 atom stereocenters. The van der Waals surface area contributed by atoms with E-state index in [9.17, 15) is 0 Å². The van der Waals surface area contributed by atoms with Crippen molar-refractivity contribution >= 4 is 67.6 Å². The van der Waals surface area contributed by atoms with E-state index in [-0.39, 0.29) is 71.7 Å². The number of hydrogen-bond acceptors (Lipinski definition) is 3. The van der Waals surface area contributed by atoms with Crippen molar-refractivity contribution in [2.45, 2.75) is 121 Å². The standard InChI is InChI=1S/C54H58N2OSe2.Pt/c1-31-33(29-51(3,4)5)15-17-41-43-19-21-55-45(49(43)58-47(31)41)35-23-37(53(9,10)11)27-39(25-35)57-40-26-36(24-38(28-40)54(12,13)14)46-50-44(20-22-56-46)42-18-16-34(30-52(6,7)8)32(2)48(42)59-50;/h15-24,27-28H,29-30H2,1-14H3;/q-2;+2. The van der Waals surface area contributed by atoms with Crippen molar-refractivity contribution in [3.63, 3.8) is 0 Å². The van der Waals surface area contributed by atoms with Crippen LogP contribution in [0, 0.1) is 36.8 Å². The van der Waals surface area contributed by atoms with E-state index in [0.717, 1.165) is 35.4 Å². The number of aromatic nitrogens is 2. The molecule has 4 heterocycles. The van der Waals surface area contributed by atoms with Gasteiger partial charge in [-0.1, -0.05) is 0 Å². The van der Waals surface area contributed by atoms with Crippen molar-refractivity contribution in [3.8, 4) is 34.0 Å². The molecule has 4 aromatic heterocycles. The molecule has 4 aromatic carbocycles. The van der Waals surface area contributed by atoms with Crippen molar-refractivity contribution in [2.24, 2.45) is 10.8 Å². The molecule has 8 aromatic rings. The number of ether oxygens (including phenoxy) is 1. The fourth-order valence-corrected chi connectivity index (χ4v) is 13.8. The van der Waals surface area contributed by atoms with Crippen LogP contribution < -0.4 is 4.74 Å². The smallest absolute Gasteiger partial charge is 2.00 e. The molecule has 0 saturated heterocycles. The summed E-state index contributed by atoms with van der Waals surface area (Å²) >= 11 is 0.249. The fraction of sp³-hybridized carbons (Fsp3) is 0.370. The van der Waals surface area contributed by atoms with E-state index in [1.807, 2.05) is 12.4 Å². The first-order valence-corrected chi connectivity index (χ1v) is 24.4. The Morgan fingerprint density at radius 3 is 1.22 bits per heavy atom. The summed E-state index contributed by atoms with van der Waals surface area (Å²) in [6.45, 7) is 32.2. The minimum Gasteiger partial charge on any atom is 2.00 e. The molecule has 8 rings (SSSR count). The number of hydrogen-bond donors (Lipinski definition) is 0. The maximum Gasteiger partial charge on any atom is 2.00 e. The molecule has 0 unspecified atom stereocenters. The first-order chi connectivity index (χ1) is 27.5. The number of nitrogens with zero attached hydrogens (tertiary/aromatic N) is 2. The molecule has 0 aliphatic heterocycles. The first kappa shape index (κ1) is 44.8. The fourth-order valence-electron chi connectivity index (χ4n) is 8.23. The van der Waals surface area contributed by atoms with Crippen molar-refractivity contribution in [2.75, 3.05) is 0 Å². The molecule has 312 valence electrons. The molecule has 0 radical (unpaired) electrons. The van der Waals surface area contributed by atoms with Crippen LogP contribution in [0.25, 0.3) is 61.1 Å². The summed E-state index contributed by atoms with van der Waals surface area (Å²) in [7, 11) is 0. The Morgan fingerprint density at radius 2 is 0.867 bits per heavy atom. The van der Waals surface area contributed by atoms with E-state index in [2.05, 4.69) is 170 Å². The summed E-state index contributed by atoms with van der Waals surface area (Å²) < 4.78 is 12.6. The molecule has 0 aliphatic carbocycles.